The number of carbonyl (C=O) groups excluding carboxylic acids is 1. The quantitative estimate of drug-likeness (QED) is 0.572. The number of hydrogen-bond acceptors (Lipinski definition) is 3. The van der Waals surface area contributed by atoms with Crippen LogP contribution in [-0.2, 0) is 4.79 Å². The van der Waals surface area contributed by atoms with E-state index >= 15 is 0 Å². The van der Waals surface area contributed by atoms with Crippen molar-refractivity contribution in [2.75, 3.05) is 11.9 Å². The van der Waals surface area contributed by atoms with Crippen LogP contribution in [0, 0.1) is 12.7 Å². The van der Waals surface area contributed by atoms with Gasteiger partial charge in [0.05, 0.1) is 5.69 Å². The average Bonchev–Trinajstić information content (AvgIpc) is 2.54. The first kappa shape index (κ1) is 18.0. The zero-order chi connectivity index (χ0) is 17.5. The predicted molar refractivity (Wildman–Crippen MR) is 95.6 cm³/mol. The summed E-state index contributed by atoms with van der Waals surface area (Å²) in [6, 6.07) is 11.1. The molecule has 0 spiro atoms. The number of hydrogen-bond donors (Lipinski definition) is 3. The van der Waals surface area contributed by atoms with Gasteiger partial charge in [0.15, 0.2) is 11.7 Å². The Bertz CT molecular complexity index is 758. The van der Waals surface area contributed by atoms with E-state index in [0.29, 0.717) is 10.8 Å². The summed E-state index contributed by atoms with van der Waals surface area (Å²) < 4.78 is 18.8. The second kappa shape index (κ2) is 8.47. The van der Waals surface area contributed by atoms with Crippen molar-refractivity contribution in [2.24, 2.45) is 0 Å². The molecule has 2 aromatic rings. The van der Waals surface area contributed by atoms with Gasteiger partial charge in [-0.05, 0) is 55.0 Å². The van der Waals surface area contributed by atoms with Crippen molar-refractivity contribution in [2.45, 2.75) is 6.92 Å². The van der Waals surface area contributed by atoms with Crippen LogP contribution < -0.4 is 20.9 Å². The fraction of sp³-hybridized carbons (Fsp3) is 0.125. The second-order valence-electron chi connectivity index (χ2n) is 4.81. The summed E-state index contributed by atoms with van der Waals surface area (Å²) >= 11 is 10.8. The van der Waals surface area contributed by atoms with Crippen LogP contribution in [0.5, 0.6) is 5.75 Å². The number of carbonyl (C=O) groups is 1. The van der Waals surface area contributed by atoms with Gasteiger partial charge in [-0.2, -0.15) is 0 Å². The monoisotopic (exact) mass is 367 g/mol. The van der Waals surface area contributed by atoms with Crippen molar-refractivity contribution in [1.29, 1.82) is 0 Å². The van der Waals surface area contributed by atoms with Crippen LogP contribution >= 0.6 is 23.8 Å². The number of nitrogens with one attached hydrogen (secondary N) is 3. The standard InChI is InChI=1S/C16H15ClFN3O2S/c1-10-8-11(17)6-7-14(10)23-9-15(22)20-21-16(24)19-13-5-3-2-4-12(13)18/h2-8H,9H2,1H3,(H,20,22)(H2,19,21,24). The summed E-state index contributed by atoms with van der Waals surface area (Å²) in [4.78, 5) is 11.7. The molecule has 0 saturated heterocycles. The summed E-state index contributed by atoms with van der Waals surface area (Å²) in [5.41, 5.74) is 5.85. The van der Waals surface area contributed by atoms with E-state index < -0.39 is 11.7 Å². The van der Waals surface area contributed by atoms with Crippen LogP contribution in [0.3, 0.4) is 0 Å². The highest BCUT2D eigenvalue weighted by Crippen LogP contribution is 2.21. The highest BCUT2D eigenvalue weighted by Gasteiger charge is 2.07. The van der Waals surface area contributed by atoms with E-state index in [-0.39, 0.29) is 17.4 Å². The van der Waals surface area contributed by atoms with Gasteiger partial charge in [-0.3, -0.25) is 15.6 Å². The molecule has 0 aliphatic heterocycles. The number of anilines is 1. The molecule has 0 atom stereocenters. The van der Waals surface area contributed by atoms with Crippen molar-refractivity contribution in [3.63, 3.8) is 0 Å². The first-order valence-electron chi connectivity index (χ1n) is 6.95. The van der Waals surface area contributed by atoms with Crippen molar-refractivity contribution < 1.29 is 13.9 Å². The number of ether oxygens (including phenoxy) is 1. The Morgan fingerprint density at radius 1 is 1.25 bits per heavy atom. The molecule has 0 radical (unpaired) electrons. The maximum Gasteiger partial charge on any atom is 0.276 e. The van der Waals surface area contributed by atoms with Crippen LogP contribution in [0.4, 0.5) is 10.1 Å². The largest absolute Gasteiger partial charge is 0.483 e. The summed E-state index contributed by atoms with van der Waals surface area (Å²) in [6.07, 6.45) is 0. The van der Waals surface area contributed by atoms with Gasteiger partial charge in [0.25, 0.3) is 5.91 Å². The van der Waals surface area contributed by atoms with Gasteiger partial charge in [0.2, 0.25) is 0 Å². The molecule has 0 heterocycles. The van der Waals surface area contributed by atoms with Crippen molar-refractivity contribution in [1.82, 2.24) is 10.9 Å². The molecule has 2 aromatic carbocycles. The number of hydrazine groups is 1. The third-order valence-electron chi connectivity index (χ3n) is 2.93. The van der Waals surface area contributed by atoms with Crippen molar-refractivity contribution in [3.8, 4) is 5.75 Å². The Hall–Kier alpha value is -2.38. The van der Waals surface area contributed by atoms with Crippen LogP contribution in [-0.4, -0.2) is 17.6 Å². The molecule has 3 N–H and O–H groups in total. The normalized spacial score (nSPS) is 9.96. The van der Waals surface area contributed by atoms with Gasteiger partial charge in [-0.15, -0.1) is 0 Å². The van der Waals surface area contributed by atoms with Gasteiger partial charge in [0, 0.05) is 5.02 Å². The number of benzene rings is 2. The van der Waals surface area contributed by atoms with Crippen LogP contribution in [0.15, 0.2) is 42.5 Å². The van der Waals surface area contributed by atoms with Crippen molar-refractivity contribution in [3.05, 3.63) is 58.9 Å². The van der Waals surface area contributed by atoms with Crippen LogP contribution in [0.2, 0.25) is 5.02 Å². The minimum Gasteiger partial charge on any atom is -0.483 e. The molecule has 24 heavy (non-hydrogen) atoms. The maximum atomic E-state index is 13.5. The molecule has 5 nitrogen and oxygen atoms in total. The number of rotatable bonds is 4. The SMILES string of the molecule is Cc1cc(Cl)ccc1OCC(=O)NNC(=S)Nc1ccccc1F. The summed E-state index contributed by atoms with van der Waals surface area (Å²) in [7, 11) is 0. The molecule has 0 saturated carbocycles. The lowest BCUT2D eigenvalue weighted by Gasteiger charge is -2.13. The lowest BCUT2D eigenvalue weighted by molar-refractivity contribution is -0.123. The maximum absolute atomic E-state index is 13.5. The lowest BCUT2D eigenvalue weighted by atomic mass is 10.2. The molecular formula is C16H15ClFN3O2S. The molecule has 0 bridgehead atoms. The first-order valence-corrected chi connectivity index (χ1v) is 7.73. The average molecular weight is 368 g/mol. The molecule has 8 heteroatoms. The van der Waals surface area contributed by atoms with E-state index in [0.717, 1.165) is 5.56 Å². The Morgan fingerprint density at radius 3 is 2.71 bits per heavy atom. The zero-order valence-corrected chi connectivity index (χ0v) is 14.3. The minimum atomic E-state index is -0.450. The Morgan fingerprint density at radius 2 is 2.00 bits per heavy atom. The van der Waals surface area contributed by atoms with E-state index in [1.807, 2.05) is 6.92 Å². The van der Waals surface area contributed by atoms with E-state index in [1.54, 1.807) is 30.3 Å². The molecular weight excluding hydrogens is 353 g/mol. The molecule has 2 rings (SSSR count). The fourth-order valence-electron chi connectivity index (χ4n) is 1.80. The molecule has 0 aliphatic rings. The molecule has 0 aromatic heterocycles. The highest BCUT2D eigenvalue weighted by atomic mass is 35.5. The minimum absolute atomic E-state index is 0.0520. The highest BCUT2D eigenvalue weighted by molar-refractivity contribution is 7.80. The number of thiocarbonyl (C=S) groups is 1. The second-order valence-corrected chi connectivity index (χ2v) is 5.65. The smallest absolute Gasteiger partial charge is 0.276 e. The Kier molecular flexibility index (Phi) is 6.34. The van der Waals surface area contributed by atoms with Gasteiger partial charge in [0.1, 0.15) is 11.6 Å². The van der Waals surface area contributed by atoms with Crippen molar-refractivity contribution >= 4 is 40.5 Å². The summed E-state index contributed by atoms with van der Waals surface area (Å²) in [5.74, 6) is -0.335. The fourth-order valence-corrected chi connectivity index (χ4v) is 2.18. The topological polar surface area (TPSA) is 62.4 Å². The van der Waals surface area contributed by atoms with Crippen LogP contribution in [0.25, 0.3) is 0 Å². The number of para-hydroxylation sites is 1. The van der Waals surface area contributed by atoms with Gasteiger partial charge < -0.3 is 10.1 Å². The van der Waals surface area contributed by atoms with Gasteiger partial charge >= 0.3 is 0 Å². The Balaban J connectivity index is 1.76. The molecule has 0 unspecified atom stereocenters. The molecule has 0 fully saturated rings. The molecule has 126 valence electrons. The van der Waals surface area contributed by atoms with E-state index in [9.17, 15) is 9.18 Å². The lowest BCUT2D eigenvalue weighted by Crippen LogP contribution is -2.45. The van der Waals surface area contributed by atoms with Gasteiger partial charge in [-0.25, -0.2) is 4.39 Å². The Labute approximate surface area is 149 Å². The predicted octanol–water partition coefficient (Wildman–Crippen LogP) is 3.18. The number of halogens is 2. The third kappa shape index (κ3) is 5.36. The van der Waals surface area contributed by atoms with Crippen LogP contribution in [0.1, 0.15) is 5.56 Å². The van der Waals surface area contributed by atoms with Gasteiger partial charge in [-0.1, -0.05) is 23.7 Å². The zero-order valence-electron chi connectivity index (χ0n) is 12.7. The van der Waals surface area contributed by atoms with E-state index in [1.165, 1.54) is 12.1 Å². The third-order valence-corrected chi connectivity index (χ3v) is 3.37. The number of aryl methyl sites for hydroxylation is 1. The molecule has 1 amide bonds. The number of amides is 1. The summed E-state index contributed by atoms with van der Waals surface area (Å²) in [5, 5.41) is 3.27. The van der Waals surface area contributed by atoms with E-state index in [4.69, 9.17) is 28.6 Å². The molecule has 0 aliphatic carbocycles. The summed E-state index contributed by atoms with van der Waals surface area (Å²) in [6.45, 7) is 1.61. The van der Waals surface area contributed by atoms with E-state index in [2.05, 4.69) is 16.2 Å². The first-order chi connectivity index (χ1) is 11.5.